The summed E-state index contributed by atoms with van der Waals surface area (Å²) < 4.78 is 12.3. The van der Waals surface area contributed by atoms with Crippen molar-refractivity contribution in [2.75, 3.05) is 6.61 Å². The molecule has 3 aliphatic rings. The molecular formula is C34H23ClO6. The summed E-state index contributed by atoms with van der Waals surface area (Å²) in [5.74, 6) is -2.78. The van der Waals surface area contributed by atoms with Crippen molar-refractivity contribution >= 4 is 34.7 Å². The molecule has 0 N–H and O–H groups in total. The predicted octanol–water partition coefficient (Wildman–Crippen LogP) is 6.48. The number of halogens is 1. The third-order valence-electron chi connectivity index (χ3n) is 8.54. The quantitative estimate of drug-likeness (QED) is 0.265. The van der Waals surface area contributed by atoms with Crippen molar-refractivity contribution in [1.29, 1.82) is 0 Å². The van der Waals surface area contributed by atoms with Crippen molar-refractivity contribution in [2.24, 2.45) is 5.41 Å². The molecule has 1 aliphatic heterocycles. The molecule has 1 heterocycles. The molecule has 0 amide bonds. The first-order chi connectivity index (χ1) is 19.9. The molecule has 2 atom stereocenters. The monoisotopic (exact) mass is 562 g/mol. The van der Waals surface area contributed by atoms with E-state index in [1.54, 1.807) is 97.1 Å². The fourth-order valence-electron chi connectivity index (χ4n) is 6.89. The largest absolute Gasteiger partial charge is 0.494 e. The number of carbonyl (C=O) groups is 4. The number of ether oxygens (including phenoxy) is 2. The van der Waals surface area contributed by atoms with Crippen molar-refractivity contribution in [1.82, 2.24) is 0 Å². The van der Waals surface area contributed by atoms with E-state index in [2.05, 4.69) is 0 Å². The van der Waals surface area contributed by atoms with Crippen LogP contribution in [0.5, 0.6) is 5.75 Å². The molecule has 4 aromatic rings. The average Bonchev–Trinajstić information content (AvgIpc) is 3.52. The van der Waals surface area contributed by atoms with E-state index in [0.717, 1.165) is 0 Å². The molecule has 0 bridgehead atoms. The van der Waals surface area contributed by atoms with Crippen LogP contribution < -0.4 is 4.74 Å². The molecular weight excluding hydrogens is 540 g/mol. The van der Waals surface area contributed by atoms with Gasteiger partial charge in [-0.15, -0.1) is 0 Å². The molecule has 0 aromatic heterocycles. The minimum atomic E-state index is -2.14. The number of hydrogen-bond donors (Lipinski definition) is 0. The van der Waals surface area contributed by atoms with Gasteiger partial charge in [0, 0.05) is 27.3 Å². The fraction of sp³-hybridized carbons (Fsp3) is 0.176. The number of rotatable bonds is 4. The van der Waals surface area contributed by atoms with Gasteiger partial charge in [-0.25, -0.2) is 0 Å². The lowest BCUT2D eigenvalue weighted by molar-refractivity contribution is -0.0210. The van der Waals surface area contributed by atoms with Crippen molar-refractivity contribution in [3.63, 3.8) is 0 Å². The Morgan fingerprint density at radius 2 is 1.12 bits per heavy atom. The Morgan fingerprint density at radius 3 is 1.61 bits per heavy atom. The third kappa shape index (κ3) is 3.23. The molecule has 202 valence electrons. The van der Waals surface area contributed by atoms with E-state index in [9.17, 15) is 19.2 Å². The van der Waals surface area contributed by atoms with E-state index in [0.29, 0.717) is 28.5 Å². The Balaban J connectivity index is 1.56. The summed E-state index contributed by atoms with van der Waals surface area (Å²) in [7, 11) is 0. The maximum Gasteiger partial charge on any atom is 0.204 e. The SMILES string of the molecule is CCOc1ccc([C@H]2C3(O[C@H](c4ccc(Cl)cc4)C24C(=O)c2ccccc2C4=O)C(=O)c2ccccc2C3=O)cc1. The van der Waals surface area contributed by atoms with Crippen LogP contribution in [-0.2, 0) is 4.74 Å². The summed E-state index contributed by atoms with van der Waals surface area (Å²) in [6.45, 7) is 2.30. The van der Waals surface area contributed by atoms with Gasteiger partial charge in [0.05, 0.1) is 12.5 Å². The maximum absolute atomic E-state index is 14.7. The van der Waals surface area contributed by atoms with Gasteiger partial charge in [-0.3, -0.25) is 19.2 Å². The maximum atomic E-state index is 14.7. The van der Waals surface area contributed by atoms with Crippen LogP contribution in [0, 0.1) is 5.41 Å². The number of hydrogen-bond acceptors (Lipinski definition) is 6. The fourth-order valence-corrected chi connectivity index (χ4v) is 7.01. The summed E-state index contributed by atoms with van der Waals surface area (Å²) >= 11 is 6.20. The Labute approximate surface area is 240 Å². The minimum absolute atomic E-state index is 0.204. The Kier molecular flexibility index (Phi) is 5.65. The van der Waals surface area contributed by atoms with Gasteiger partial charge in [0.1, 0.15) is 17.3 Å². The smallest absolute Gasteiger partial charge is 0.204 e. The van der Waals surface area contributed by atoms with Gasteiger partial charge in [-0.05, 0) is 42.3 Å². The van der Waals surface area contributed by atoms with Gasteiger partial charge in [-0.2, -0.15) is 0 Å². The second-order valence-corrected chi connectivity index (χ2v) is 10.9. The molecule has 2 aliphatic carbocycles. The molecule has 7 heteroatoms. The summed E-state index contributed by atoms with van der Waals surface area (Å²) in [6.07, 6.45) is -1.24. The highest BCUT2D eigenvalue weighted by molar-refractivity contribution is 6.37. The molecule has 6 nitrogen and oxygen atoms in total. The van der Waals surface area contributed by atoms with Gasteiger partial charge in [0.15, 0.2) is 11.6 Å². The highest BCUT2D eigenvalue weighted by Crippen LogP contribution is 2.67. The van der Waals surface area contributed by atoms with Gasteiger partial charge < -0.3 is 9.47 Å². The molecule has 4 aromatic carbocycles. The molecule has 0 unspecified atom stereocenters. The van der Waals surface area contributed by atoms with Crippen LogP contribution in [0.3, 0.4) is 0 Å². The average molecular weight is 563 g/mol. The normalized spacial score (nSPS) is 21.5. The first-order valence-corrected chi connectivity index (χ1v) is 13.8. The van der Waals surface area contributed by atoms with Crippen molar-refractivity contribution in [3.8, 4) is 5.75 Å². The number of fused-ring (bicyclic) bond motifs is 2. The van der Waals surface area contributed by atoms with Crippen LogP contribution in [0.1, 0.15) is 71.5 Å². The Hall–Kier alpha value is -4.39. The summed E-state index contributed by atoms with van der Waals surface area (Å²) in [5, 5.41) is 0.450. The van der Waals surface area contributed by atoms with E-state index < -0.39 is 46.2 Å². The molecule has 0 saturated carbocycles. The van der Waals surface area contributed by atoms with Gasteiger partial charge in [-0.1, -0.05) is 84.4 Å². The number of carbonyl (C=O) groups excluding carboxylic acids is 4. The van der Waals surface area contributed by atoms with E-state index in [1.807, 2.05) is 6.92 Å². The number of Topliss-reactive ketones (excluding diaryl/α,β-unsaturated/α-hetero) is 4. The molecule has 1 fully saturated rings. The minimum Gasteiger partial charge on any atom is -0.494 e. The molecule has 7 rings (SSSR count). The lowest BCUT2D eigenvalue weighted by atomic mass is 9.60. The highest BCUT2D eigenvalue weighted by Gasteiger charge is 2.79. The molecule has 2 spiro atoms. The van der Waals surface area contributed by atoms with Crippen molar-refractivity contribution in [2.45, 2.75) is 24.5 Å². The topological polar surface area (TPSA) is 86.7 Å². The molecule has 0 radical (unpaired) electrons. The Morgan fingerprint density at radius 1 is 0.659 bits per heavy atom. The van der Waals surface area contributed by atoms with Gasteiger partial charge in [0.25, 0.3) is 0 Å². The summed E-state index contributed by atoms with van der Waals surface area (Å²) in [4.78, 5) is 58.2. The first-order valence-electron chi connectivity index (χ1n) is 13.4. The second-order valence-electron chi connectivity index (χ2n) is 10.5. The van der Waals surface area contributed by atoms with Crippen LogP contribution in [0.4, 0.5) is 0 Å². The molecule has 1 saturated heterocycles. The highest BCUT2D eigenvalue weighted by atomic mass is 35.5. The van der Waals surface area contributed by atoms with E-state index in [-0.39, 0.29) is 22.3 Å². The Bertz CT molecular complexity index is 1700. The van der Waals surface area contributed by atoms with E-state index >= 15 is 0 Å². The first kappa shape index (κ1) is 25.6. The van der Waals surface area contributed by atoms with Crippen molar-refractivity contribution in [3.05, 3.63) is 135 Å². The van der Waals surface area contributed by atoms with E-state index in [4.69, 9.17) is 21.1 Å². The lowest BCUT2D eigenvalue weighted by Crippen LogP contribution is -2.51. The zero-order valence-electron chi connectivity index (χ0n) is 21.9. The van der Waals surface area contributed by atoms with Crippen LogP contribution in [-0.4, -0.2) is 35.3 Å². The predicted molar refractivity (Wildman–Crippen MR) is 151 cm³/mol. The number of ketones is 4. The van der Waals surface area contributed by atoms with Gasteiger partial charge in [0.2, 0.25) is 17.2 Å². The summed E-state index contributed by atoms with van der Waals surface area (Å²) in [6, 6.07) is 26.6. The summed E-state index contributed by atoms with van der Waals surface area (Å²) in [5.41, 5.74) is -2.27. The third-order valence-corrected chi connectivity index (χ3v) is 8.79. The molecule has 41 heavy (non-hydrogen) atoms. The van der Waals surface area contributed by atoms with Crippen LogP contribution in [0.2, 0.25) is 5.02 Å². The number of benzene rings is 4. The van der Waals surface area contributed by atoms with Crippen molar-refractivity contribution < 1.29 is 28.7 Å². The van der Waals surface area contributed by atoms with Crippen LogP contribution in [0.25, 0.3) is 0 Å². The van der Waals surface area contributed by atoms with E-state index in [1.165, 1.54) is 0 Å². The zero-order valence-corrected chi connectivity index (χ0v) is 22.7. The lowest BCUT2D eigenvalue weighted by Gasteiger charge is -2.34. The van der Waals surface area contributed by atoms with Crippen LogP contribution in [0.15, 0.2) is 97.1 Å². The second kappa shape index (κ2) is 9.06. The standard InChI is InChI=1S/C34H23ClO6/c1-2-40-22-17-13-19(14-18-22)27-33(28(36)23-7-3-4-8-24(23)29(33)37)32(20-11-15-21(35)16-12-20)41-34(27)30(38)25-9-5-6-10-26(25)31(34)39/h3-18,27,32H,2H2,1H3/t27-,32-/m1/s1. The van der Waals surface area contributed by atoms with Gasteiger partial charge >= 0.3 is 0 Å². The zero-order chi connectivity index (χ0) is 28.5. The van der Waals surface area contributed by atoms with Crippen LogP contribution >= 0.6 is 11.6 Å².